The first kappa shape index (κ1) is 14.8. The molecule has 1 fully saturated rings. The molecule has 0 radical (unpaired) electrons. The van der Waals surface area contributed by atoms with Crippen LogP contribution in [-0.4, -0.2) is 19.0 Å². The van der Waals surface area contributed by atoms with E-state index >= 15 is 0 Å². The van der Waals surface area contributed by atoms with Gasteiger partial charge in [0.05, 0.1) is 6.54 Å². The van der Waals surface area contributed by atoms with Crippen LogP contribution >= 0.6 is 11.3 Å². The second-order valence-corrected chi connectivity index (χ2v) is 7.51. The van der Waals surface area contributed by atoms with E-state index in [0.717, 1.165) is 18.9 Å². The smallest absolute Gasteiger partial charge is 0.279 e. The van der Waals surface area contributed by atoms with Crippen molar-refractivity contribution >= 4 is 22.9 Å². The molecule has 120 valence electrons. The molecule has 1 saturated carbocycles. The lowest BCUT2D eigenvalue weighted by Gasteiger charge is -2.32. The van der Waals surface area contributed by atoms with Gasteiger partial charge in [-0.25, -0.2) is 4.39 Å². The van der Waals surface area contributed by atoms with Gasteiger partial charge >= 0.3 is 0 Å². The number of carbonyl (C=O) groups is 1. The number of rotatable bonds is 4. The first-order chi connectivity index (χ1) is 11.2. The van der Waals surface area contributed by atoms with Gasteiger partial charge in [-0.3, -0.25) is 4.79 Å². The summed E-state index contributed by atoms with van der Waals surface area (Å²) in [4.78, 5) is 15.2. The lowest BCUT2D eigenvalue weighted by molar-refractivity contribution is -0.928. The molecule has 5 heteroatoms. The topological polar surface area (TPSA) is 33.5 Å². The van der Waals surface area contributed by atoms with Crippen molar-refractivity contribution in [3.8, 4) is 0 Å². The fourth-order valence-corrected chi connectivity index (χ4v) is 4.60. The fourth-order valence-electron chi connectivity index (χ4n) is 3.67. The monoisotopic (exact) mass is 331 g/mol. The van der Waals surface area contributed by atoms with Crippen LogP contribution in [0, 0.1) is 11.7 Å². The van der Waals surface area contributed by atoms with Crippen LogP contribution in [0.25, 0.3) is 0 Å². The average molecular weight is 331 g/mol. The first-order valence-electron chi connectivity index (χ1n) is 8.17. The van der Waals surface area contributed by atoms with Gasteiger partial charge in [-0.2, -0.15) is 0 Å². The zero-order chi connectivity index (χ0) is 15.8. The summed E-state index contributed by atoms with van der Waals surface area (Å²) in [6.07, 6.45) is 3.60. The molecule has 2 heterocycles. The molecule has 0 bridgehead atoms. The number of amides is 1. The maximum Gasteiger partial charge on any atom is 0.279 e. The molecule has 23 heavy (non-hydrogen) atoms. The molecule has 2 atom stereocenters. The number of nitrogens with one attached hydrogen (secondary N) is 2. The molecule has 0 spiro atoms. The Kier molecular flexibility index (Phi) is 3.91. The van der Waals surface area contributed by atoms with Crippen molar-refractivity contribution in [3.63, 3.8) is 0 Å². The number of hydrogen-bond donors (Lipinski definition) is 2. The van der Waals surface area contributed by atoms with Crippen LogP contribution in [0.2, 0.25) is 0 Å². The van der Waals surface area contributed by atoms with Crippen LogP contribution in [0.5, 0.6) is 0 Å². The van der Waals surface area contributed by atoms with E-state index in [9.17, 15) is 9.18 Å². The van der Waals surface area contributed by atoms with E-state index in [2.05, 4.69) is 16.8 Å². The number of hydrogen-bond acceptors (Lipinski definition) is 2. The summed E-state index contributed by atoms with van der Waals surface area (Å²) >= 11 is 1.84. The molecule has 1 unspecified atom stereocenters. The zero-order valence-corrected chi connectivity index (χ0v) is 13.7. The molecule has 1 aromatic heterocycles. The third-order valence-electron chi connectivity index (χ3n) is 4.82. The molecule has 1 aliphatic carbocycles. The molecule has 2 aliphatic rings. The second kappa shape index (κ2) is 6.06. The minimum atomic E-state index is -0.327. The maximum absolute atomic E-state index is 13.2. The first-order valence-corrected chi connectivity index (χ1v) is 9.05. The van der Waals surface area contributed by atoms with Gasteiger partial charge in [-0.15, -0.1) is 11.3 Å². The van der Waals surface area contributed by atoms with Crippen molar-refractivity contribution in [2.24, 2.45) is 5.92 Å². The van der Waals surface area contributed by atoms with E-state index < -0.39 is 0 Å². The molecule has 2 aromatic rings. The van der Waals surface area contributed by atoms with Gasteiger partial charge in [-0.1, -0.05) is 6.07 Å². The largest absolute Gasteiger partial charge is 0.321 e. The van der Waals surface area contributed by atoms with E-state index in [4.69, 9.17) is 0 Å². The van der Waals surface area contributed by atoms with E-state index in [1.54, 1.807) is 12.1 Å². The van der Waals surface area contributed by atoms with Crippen molar-refractivity contribution in [2.45, 2.75) is 25.3 Å². The van der Waals surface area contributed by atoms with E-state index in [-0.39, 0.29) is 11.7 Å². The number of anilines is 1. The van der Waals surface area contributed by atoms with Crippen molar-refractivity contribution in [3.05, 3.63) is 52.0 Å². The number of carbonyl (C=O) groups excluding carboxylic acids is 1. The standard InChI is InChI=1S/C18H19FN2OS/c19-13-2-1-3-14(10-13)20-17(22)11-21-8-6-16-15(7-9-23-16)18(21)12-4-5-12/h1-3,7,9-10,12,18H,4-6,8,11H2,(H,20,22)/p+1/t18-/m1/s1. The molecule has 2 N–H and O–H groups in total. The highest BCUT2D eigenvalue weighted by Gasteiger charge is 2.43. The molecular formula is C18H20FN2OS+. The van der Waals surface area contributed by atoms with E-state index in [0.29, 0.717) is 18.3 Å². The Morgan fingerprint density at radius 2 is 2.22 bits per heavy atom. The summed E-state index contributed by atoms with van der Waals surface area (Å²) in [6.45, 7) is 1.46. The van der Waals surface area contributed by atoms with Gasteiger partial charge < -0.3 is 10.2 Å². The Balaban J connectivity index is 1.46. The normalized spacial score (nSPS) is 23.3. The summed E-state index contributed by atoms with van der Waals surface area (Å²) in [5.41, 5.74) is 1.99. The molecule has 4 rings (SSSR count). The van der Waals surface area contributed by atoms with Gasteiger partial charge in [0.1, 0.15) is 11.9 Å². The minimum Gasteiger partial charge on any atom is -0.321 e. The van der Waals surface area contributed by atoms with Crippen LogP contribution in [0.3, 0.4) is 0 Å². The van der Waals surface area contributed by atoms with Crippen LogP contribution in [0.1, 0.15) is 29.3 Å². The number of quaternary nitrogens is 1. The van der Waals surface area contributed by atoms with E-state index in [1.807, 2.05) is 11.3 Å². The van der Waals surface area contributed by atoms with Gasteiger partial charge in [0.2, 0.25) is 0 Å². The summed E-state index contributed by atoms with van der Waals surface area (Å²) in [7, 11) is 0. The third-order valence-corrected chi connectivity index (χ3v) is 5.81. The van der Waals surface area contributed by atoms with Crippen LogP contribution in [-0.2, 0) is 11.2 Å². The zero-order valence-electron chi connectivity index (χ0n) is 12.8. The molecule has 1 aromatic carbocycles. The highest BCUT2D eigenvalue weighted by molar-refractivity contribution is 7.10. The summed E-state index contributed by atoms with van der Waals surface area (Å²) < 4.78 is 13.2. The summed E-state index contributed by atoms with van der Waals surface area (Å²) in [5, 5.41) is 5.01. The van der Waals surface area contributed by atoms with Crippen LogP contribution < -0.4 is 10.2 Å². The predicted octanol–water partition coefficient (Wildman–Crippen LogP) is 2.42. The quantitative estimate of drug-likeness (QED) is 0.886. The van der Waals surface area contributed by atoms with Gasteiger partial charge in [0.25, 0.3) is 5.91 Å². The van der Waals surface area contributed by atoms with Crippen LogP contribution in [0.4, 0.5) is 10.1 Å². The van der Waals surface area contributed by atoms with Crippen molar-refractivity contribution in [2.75, 3.05) is 18.4 Å². The lowest BCUT2D eigenvalue weighted by atomic mass is 9.96. The highest BCUT2D eigenvalue weighted by atomic mass is 32.1. The highest BCUT2D eigenvalue weighted by Crippen LogP contribution is 2.42. The number of benzene rings is 1. The minimum absolute atomic E-state index is 0.0325. The van der Waals surface area contributed by atoms with Crippen molar-refractivity contribution in [1.82, 2.24) is 0 Å². The Bertz CT molecular complexity index is 725. The SMILES string of the molecule is O=C(C[NH+]1CCc2sccc2[C@H]1C1CC1)Nc1cccc(F)c1. The number of halogens is 1. The van der Waals surface area contributed by atoms with Crippen molar-refractivity contribution < 1.29 is 14.1 Å². The van der Waals surface area contributed by atoms with Gasteiger partial charge in [0.15, 0.2) is 6.54 Å². The third kappa shape index (κ3) is 3.16. The number of fused-ring (bicyclic) bond motifs is 1. The number of thiophene rings is 1. The lowest BCUT2D eigenvalue weighted by Crippen LogP contribution is -3.14. The molecule has 0 saturated heterocycles. The molecule has 1 amide bonds. The Morgan fingerprint density at radius 3 is 3.00 bits per heavy atom. The Hall–Kier alpha value is -1.72. The molecule has 3 nitrogen and oxygen atoms in total. The molecular weight excluding hydrogens is 311 g/mol. The average Bonchev–Trinajstić information content (AvgIpc) is 3.23. The van der Waals surface area contributed by atoms with E-state index in [1.165, 1.54) is 40.3 Å². The van der Waals surface area contributed by atoms with Gasteiger partial charge in [0, 0.05) is 28.5 Å². The van der Waals surface area contributed by atoms with Gasteiger partial charge in [-0.05, 0) is 42.5 Å². The Labute approximate surface area is 139 Å². The summed E-state index contributed by atoms with van der Waals surface area (Å²) in [6, 6.07) is 8.78. The second-order valence-electron chi connectivity index (χ2n) is 6.51. The summed E-state index contributed by atoms with van der Waals surface area (Å²) in [5.74, 6) is 0.363. The molecule has 1 aliphatic heterocycles. The maximum atomic E-state index is 13.2. The van der Waals surface area contributed by atoms with Crippen LogP contribution in [0.15, 0.2) is 35.7 Å². The fraction of sp³-hybridized carbons (Fsp3) is 0.389. The Morgan fingerprint density at radius 1 is 1.35 bits per heavy atom. The van der Waals surface area contributed by atoms with Crippen molar-refractivity contribution in [1.29, 1.82) is 0 Å². The predicted molar refractivity (Wildman–Crippen MR) is 89.2 cm³/mol.